The van der Waals surface area contributed by atoms with Crippen molar-refractivity contribution in [2.75, 3.05) is 13.1 Å². The Morgan fingerprint density at radius 2 is 1.94 bits per heavy atom. The number of aliphatic hydroxyl groups is 1. The number of hydrogen-bond acceptors (Lipinski definition) is 3. The third-order valence-electron chi connectivity index (χ3n) is 5.42. The maximum absolute atomic E-state index is 12.0. The highest BCUT2D eigenvalue weighted by atomic mass is 16.3. The summed E-state index contributed by atoms with van der Waals surface area (Å²) in [7, 11) is 0. The average molecular weight is 251 g/mol. The minimum absolute atomic E-state index is 0.172. The van der Waals surface area contributed by atoms with Gasteiger partial charge in [0.1, 0.15) is 5.78 Å². The van der Waals surface area contributed by atoms with E-state index in [4.69, 9.17) is 0 Å². The second-order valence-electron chi connectivity index (χ2n) is 6.52. The van der Waals surface area contributed by atoms with Gasteiger partial charge in [0.05, 0.1) is 11.6 Å². The fourth-order valence-corrected chi connectivity index (χ4v) is 4.23. The molecule has 102 valence electrons. The first-order valence-electron chi connectivity index (χ1n) is 7.68. The highest BCUT2D eigenvalue weighted by molar-refractivity contribution is 5.84. The molecule has 3 unspecified atom stereocenters. The zero-order chi connectivity index (χ0) is 12.6. The van der Waals surface area contributed by atoms with E-state index in [0.717, 1.165) is 51.6 Å². The molecule has 0 aromatic carbocycles. The third-order valence-corrected chi connectivity index (χ3v) is 5.42. The van der Waals surface area contributed by atoms with E-state index in [1.165, 1.54) is 19.3 Å². The van der Waals surface area contributed by atoms with Crippen molar-refractivity contribution in [2.24, 2.45) is 5.92 Å². The Bertz CT molecular complexity index is 330. The predicted octanol–water partition coefficient (Wildman–Crippen LogP) is 2.13. The van der Waals surface area contributed by atoms with Crippen LogP contribution in [0, 0.1) is 5.92 Å². The first-order chi connectivity index (χ1) is 8.69. The molecule has 1 aliphatic heterocycles. The molecule has 3 heteroatoms. The van der Waals surface area contributed by atoms with Gasteiger partial charge in [-0.05, 0) is 32.1 Å². The van der Waals surface area contributed by atoms with Gasteiger partial charge in [-0.3, -0.25) is 9.69 Å². The second kappa shape index (κ2) is 4.93. The zero-order valence-corrected chi connectivity index (χ0v) is 11.2. The number of carbonyl (C=O) groups excluding carboxylic acids is 1. The van der Waals surface area contributed by atoms with Crippen molar-refractivity contribution < 1.29 is 9.90 Å². The molecule has 0 radical (unpaired) electrons. The van der Waals surface area contributed by atoms with Crippen LogP contribution in [0.25, 0.3) is 0 Å². The van der Waals surface area contributed by atoms with Gasteiger partial charge in [0, 0.05) is 25.4 Å². The van der Waals surface area contributed by atoms with Crippen molar-refractivity contribution in [3.05, 3.63) is 0 Å². The van der Waals surface area contributed by atoms with E-state index < -0.39 is 5.60 Å². The minimum Gasteiger partial charge on any atom is -0.390 e. The first-order valence-corrected chi connectivity index (χ1v) is 7.68. The number of fused-ring (bicyclic) bond motifs is 1. The van der Waals surface area contributed by atoms with E-state index in [-0.39, 0.29) is 6.04 Å². The van der Waals surface area contributed by atoms with Crippen LogP contribution in [-0.2, 0) is 4.79 Å². The van der Waals surface area contributed by atoms with Crippen molar-refractivity contribution in [1.82, 2.24) is 4.90 Å². The molecule has 0 aromatic heterocycles. The summed E-state index contributed by atoms with van der Waals surface area (Å²) in [5.41, 5.74) is -0.410. The molecule has 1 heterocycles. The van der Waals surface area contributed by atoms with E-state index in [2.05, 4.69) is 4.90 Å². The van der Waals surface area contributed by atoms with Crippen LogP contribution < -0.4 is 0 Å². The van der Waals surface area contributed by atoms with Gasteiger partial charge in [-0.2, -0.15) is 0 Å². The summed E-state index contributed by atoms with van der Waals surface area (Å²) in [6, 6.07) is 0.172. The monoisotopic (exact) mass is 251 g/mol. The Morgan fingerprint density at radius 1 is 1.11 bits per heavy atom. The Morgan fingerprint density at radius 3 is 2.78 bits per heavy atom. The van der Waals surface area contributed by atoms with Crippen LogP contribution >= 0.6 is 0 Å². The van der Waals surface area contributed by atoms with Gasteiger partial charge in [0.2, 0.25) is 0 Å². The van der Waals surface area contributed by atoms with E-state index in [0.29, 0.717) is 11.7 Å². The summed E-state index contributed by atoms with van der Waals surface area (Å²) < 4.78 is 0. The number of carbonyl (C=O) groups is 1. The predicted molar refractivity (Wildman–Crippen MR) is 70.4 cm³/mol. The standard InChI is InChI=1S/C15H25NO2/c17-14-7-2-1-6-13(14)16-10-9-15(18)8-4-3-5-12(15)11-16/h12-13,18H,1-11H2. The highest BCUT2D eigenvalue weighted by Crippen LogP contribution is 2.40. The molecular weight excluding hydrogens is 226 g/mol. The van der Waals surface area contributed by atoms with Gasteiger partial charge in [0.15, 0.2) is 0 Å². The van der Waals surface area contributed by atoms with E-state index in [9.17, 15) is 9.90 Å². The van der Waals surface area contributed by atoms with Crippen LogP contribution in [0.5, 0.6) is 0 Å². The van der Waals surface area contributed by atoms with Crippen molar-refractivity contribution in [3.63, 3.8) is 0 Å². The number of ketones is 1. The normalized spacial score (nSPS) is 42.6. The Kier molecular flexibility index (Phi) is 3.46. The molecule has 3 aliphatic rings. The molecule has 0 spiro atoms. The average Bonchev–Trinajstić information content (AvgIpc) is 2.38. The lowest BCUT2D eigenvalue weighted by molar-refractivity contribution is -0.134. The smallest absolute Gasteiger partial charge is 0.149 e. The summed E-state index contributed by atoms with van der Waals surface area (Å²) in [5, 5.41) is 10.7. The molecule has 1 N–H and O–H groups in total. The van der Waals surface area contributed by atoms with Crippen molar-refractivity contribution >= 4 is 5.78 Å². The first kappa shape index (κ1) is 12.6. The van der Waals surface area contributed by atoms with Crippen LogP contribution in [0.3, 0.4) is 0 Å². The van der Waals surface area contributed by atoms with Crippen LogP contribution in [-0.4, -0.2) is 40.5 Å². The SMILES string of the molecule is O=C1CCCCC1N1CCC2(O)CCCCC2C1. The quantitative estimate of drug-likeness (QED) is 0.776. The molecule has 3 rings (SSSR count). The van der Waals surface area contributed by atoms with Gasteiger partial charge in [0.25, 0.3) is 0 Å². The van der Waals surface area contributed by atoms with Crippen molar-refractivity contribution in [2.45, 2.75) is 69.4 Å². The third kappa shape index (κ3) is 2.23. The lowest BCUT2D eigenvalue weighted by atomic mass is 9.70. The molecule has 3 fully saturated rings. The van der Waals surface area contributed by atoms with Crippen LogP contribution in [0.15, 0.2) is 0 Å². The van der Waals surface area contributed by atoms with E-state index >= 15 is 0 Å². The van der Waals surface area contributed by atoms with Gasteiger partial charge in [-0.15, -0.1) is 0 Å². The summed E-state index contributed by atoms with van der Waals surface area (Å²) in [4.78, 5) is 14.4. The van der Waals surface area contributed by atoms with E-state index in [1.807, 2.05) is 0 Å². The van der Waals surface area contributed by atoms with Crippen LogP contribution in [0.1, 0.15) is 57.8 Å². The summed E-state index contributed by atoms with van der Waals surface area (Å²) in [6.07, 6.45) is 9.52. The highest BCUT2D eigenvalue weighted by Gasteiger charge is 2.44. The van der Waals surface area contributed by atoms with Gasteiger partial charge >= 0.3 is 0 Å². The lowest BCUT2D eigenvalue weighted by Crippen LogP contribution is -2.57. The minimum atomic E-state index is -0.410. The van der Waals surface area contributed by atoms with Crippen molar-refractivity contribution in [1.29, 1.82) is 0 Å². The summed E-state index contributed by atoms with van der Waals surface area (Å²) in [6.45, 7) is 1.87. The Labute approximate surface area is 110 Å². The van der Waals surface area contributed by atoms with Gasteiger partial charge in [-0.25, -0.2) is 0 Å². The largest absolute Gasteiger partial charge is 0.390 e. The molecule has 0 bridgehead atoms. The van der Waals surface area contributed by atoms with Crippen LogP contribution in [0.4, 0.5) is 0 Å². The molecule has 18 heavy (non-hydrogen) atoms. The molecule has 2 aliphatic carbocycles. The maximum Gasteiger partial charge on any atom is 0.149 e. The fourth-order valence-electron chi connectivity index (χ4n) is 4.23. The Hall–Kier alpha value is -0.410. The molecule has 3 atom stereocenters. The molecule has 2 saturated carbocycles. The summed E-state index contributed by atoms with van der Waals surface area (Å²) in [5.74, 6) is 0.859. The molecule has 0 aromatic rings. The summed E-state index contributed by atoms with van der Waals surface area (Å²) >= 11 is 0. The number of piperidine rings is 1. The topological polar surface area (TPSA) is 40.5 Å². The van der Waals surface area contributed by atoms with Gasteiger partial charge < -0.3 is 5.11 Å². The zero-order valence-electron chi connectivity index (χ0n) is 11.2. The van der Waals surface area contributed by atoms with Gasteiger partial charge in [-0.1, -0.05) is 19.3 Å². The molecular formula is C15H25NO2. The second-order valence-corrected chi connectivity index (χ2v) is 6.52. The maximum atomic E-state index is 12.0. The number of hydrogen-bond donors (Lipinski definition) is 1. The van der Waals surface area contributed by atoms with Crippen LogP contribution in [0.2, 0.25) is 0 Å². The van der Waals surface area contributed by atoms with E-state index in [1.54, 1.807) is 0 Å². The molecule has 1 saturated heterocycles. The van der Waals surface area contributed by atoms with Crippen molar-refractivity contribution in [3.8, 4) is 0 Å². The lowest BCUT2D eigenvalue weighted by Gasteiger charge is -2.49. The number of rotatable bonds is 1. The number of likely N-dealkylation sites (tertiary alicyclic amines) is 1. The molecule has 0 amide bonds. The fraction of sp³-hybridized carbons (Fsp3) is 0.933. The Balaban J connectivity index is 1.67. The number of Topliss-reactive ketones (excluding diaryl/α,β-unsaturated/α-hetero) is 1. The number of nitrogens with zero attached hydrogens (tertiary/aromatic N) is 1. The molecule has 3 nitrogen and oxygen atoms in total.